The van der Waals surface area contributed by atoms with Crippen LogP contribution in [0.5, 0.6) is 0 Å². The zero-order chi connectivity index (χ0) is 12.1. The monoisotopic (exact) mass is 230 g/mol. The van der Waals surface area contributed by atoms with Gasteiger partial charge >= 0.3 is 0 Å². The summed E-state index contributed by atoms with van der Waals surface area (Å²) in [7, 11) is 0. The van der Waals surface area contributed by atoms with Gasteiger partial charge in [-0.05, 0) is 42.3 Å². The van der Waals surface area contributed by atoms with Gasteiger partial charge in [0, 0.05) is 12.2 Å². The second kappa shape index (κ2) is 5.46. The van der Waals surface area contributed by atoms with E-state index in [0.29, 0.717) is 6.54 Å². The Balaban J connectivity index is 1.90. The molecule has 2 aromatic carbocycles. The van der Waals surface area contributed by atoms with Crippen molar-refractivity contribution in [2.45, 2.75) is 13.5 Å². The van der Waals surface area contributed by atoms with Crippen molar-refractivity contribution in [3.05, 3.63) is 65.5 Å². The highest BCUT2D eigenvalue weighted by molar-refractivity contribution is 5.41. The van der Waals surface area contributed by atoms with Crippen LogP contribution in [-0.4, -0.2) is 0 Å². The van der Waals surface area contributed by atoms with Crippen LogP contribution in [0.1, 0.15) is 11.1 Å². The van der Waals surface area contributed by atoms with Crippen molar-refractivity contribution in [2.75, 3.05) is 5.43 Å². The highest BCUT2D eigenvalue weighted by Crippen LogP contribution is 2.08. The molecule has 0 atom stereocenters. The van der Waals surface area contributed by atoms with Gasteiger partial charge in [-0.15, -0.1) is 0 Å². The Morgan fingerprint density at radius 2 is 1.82 bits per heavy atom. The van der Waals surface area contributed by atoms with Gasteiger partial charge < -0.3 is 5.43 Å². The molecule has 17 heavy (non-hydrogen) atoms. The first-order chi connectivity index (χ1) is 8.24. The van der Waals surface area contributed by atoms with Crippen LogP contribution in [0.4, 0.5) is 10.1 Å². The fourth-order valence-electron chi connectivity index (χ4n) is 1.68. The maximum absolute atomic E-state index is 13.1. The Labute approximate surface area is 100 Å². The first-order valence-corrected chi connectivity index (χ1v) is 5.54. The van der Waals surface area contributed by atoms with Gasteiger partial charge in [-0.1, -0.05) is 24.3 Å². The van der Waals surface area contributed by atoms with Gasteiger partial charge in [0.15, 0.2) is 0 Å². The van der Waals surface area contributed by atoms with E-state index in [2.05, 4.69) is 10.9 Å². The first-order valence-electron chi connectivity index (χ1n) is 5.54. The number of hydrazine groups is 1. The first kappa shape index (κ1) is 11.6. The van der Waals surface area contributed by atoms with Crippen molar-refractivity contribution in [3.8, 4) is 0 Å². The Hall–Kier alpha value is -1.87. The SMILES string of the molecule is Cc1cc(F)cc(CNNc2ccccc2)c1. The van der Waals surface area contributed by atoms with E-state index in [9.17, 15) is 4.39 Å². The van der Waals surface area contributed by atoms with Crippen molar-refractivity contribution in [1.82, 2.24) is 5.43 Å². The second-order valence-corrected chi connectivity index (χ2v) is 3.98. The molecule has 0 saturated heterocycles. The van der Waals surface area contributed by atoms with E-state index in [4.69, 9.17) is 0 Å². The number of hydrogen-bond donors (Lipinski definition) is 2. The number of hydrogen-bond acceptors (Lipinski definition) is 2. The lowest BCUT2D eigenvalue weighted by Crippen LogP contribution is -2.20. The van der Waals surface area contributed by atoms with Crippen LogP contribution in [0.25, 0.3) is 0 Å². The zero-order valence-corrected chi connectivity index (χ0v) is 9.70. The van der Waals surface area contributed by atoms with Crippen molar-refractivity contribution >= 4 is 5.69 Å². The number of rotatable bonds is 4. The summed E-state index contributed by atoms with van der Waals surface area (Å²) in [6.07, 6.45) is 0. The molecule has 3 heteroatoms. The average molecular weight is 230 g/mol. The van der Waals surface area contributed by atoms with Gasteiger partial charge in [-0.2, -0.15) is 0 Å². The fraction of sp³-hybridized carbons (Fsp3) is 0.143. The van der Waals surface area contributed by atoms with Crippen molar-refractivity contribution in [1.29, 1.82) is 0 Å². The maximum atomic E-state index is 13.1. The number of nitrogens with one attached hydrogen (secondary N) is 2. The van der Waals surface area contributed by atoms with Crippen LogP contribution in [-0.2, 0) is 6.54 Å². The molecular formula is C14H15FN2. The smallest absolute Gasteiger partial charge is 0.123 e. The van der Waals surface area contributed by atoms with Crippen molar-refractivity contribution in [2.24, 2.45) is 0 Å². The van der Waals surface area contributed by atoms with Crippen LogP contribution in [0.3, 0.4) is 0 Å². The number of anilines is 1. The van der Waals surface area contributed by atoms with Crippen LogP contribution < -0.4 is 10.9 Å². The molecule has 0 heterocycles. The summed E-state index contributed by atoms with van der Waals surface area (Å²) in [5.41, 5.74) is 8.96. The van der Waals surface area contributed by atoms with Gasteiger partial charge in [0.25, 0.3) is 0 Å². The summed E-state index contributed by atoms with van der Waals surface area (Å²) in [5.74, 6) is -0.193. The minimum atomic E-state index is -0.193. The van der Waals surface area contributed by atoms with Crippen LogP contribution in [0.2, 0.25) is 0 Å². The molecule has 2 nitrogen and oxygen atoms in total. The van der Waals surface area contributed by atoms with E-state index in [-0.39, 0.29) is 5.82 Å². The molecular weight excluding hydrogens is 215 g/mol. The standard InChI is InChI=1S/C14H15FN2/c1-11-7-12(9-13(15)8-11)10-16-17-14-5-3-2-4-6-14/h2-9,16-17H,10H2,1H3. The van der Waals surface area contributed by atoms with Crippen molar-refractivity contribution < 1.29 is 4.39 Å². The van der Waals surface area contributed by atoms with E-state index in [0.717, 1.165) is 16.8 Å². The van der Waals surface area contributed by atoms with E-state index in [1.165, 1.54) is 12.1 Å². The minimum Gasteiger partial charge on any atom is -0.321 e. The second-order valence-electron chi connectivity index (χ2n) is 3.98. The molecule has 0 spiro atoms. The van der Waals surface area contributed by atoms with Gasteiger partial charge in [-0.3, -0.25) is 0 Å². The molecule has 2 aromatic rings. The molecule has 0 unspecified atom stereocenters. The Bertz CT molecular complexity index is 463. The van der Waals surface area contributed by atoms with E-state index in [1.54, 1.807) is 0 Å². The van der Waals surface area contributed by atoms with E-state index in [1.807, 2.05) is 43.3 Å². The number of aryl methyl sites for hydroxylation is 1. The largest absolute Gasteiger partial charge is 0.321 e. The zero-order valence-electron chi connectivity index (χ0n) is 9.70. The number of halogens is 1. The molecule has 0 fully saturated rings. The van der Waals surface area contributed by atoms with E-state index >= 15 is 0 Å². The Morgan fingerprint density at radius 1 is 1.06 bits per heavy atom. The Kier molecular flexibility index (Phi) is 3.73. The van der Waals surface area contributed by atoms with Crippen LogP contribution in [0.15, 0.2) is 48.5 Å². The summed E-state index contributed by atoms with van der Waals surface area (Å²) < 4.78 is 13.1. The molecule has 0 aliphatic carbocycles. The molecule has 0 radical (unpaired) electrons. The third kappa shape index (κ3) is 3.57. The molecule has 2 N–H and O–H groups in total. The van der Waals surface area contributed by atoms with E-state index < -0.39 is 0 Å². The lowest BCUT2D eigenvalue weighted by Gasteiger charge is -2.08. The fourth-order valence-corrected chi connectivity index (χ4v) is 1.68. The predicted molar refractivity (Wildman–Crippen MR) is 68.0 cm³/mol. The summed E-state index contributed by atoms with van der Waals surface area (Å²) in [6, 6.07) is 14.8. The minimum absolute atomic E-state index is 0.193. The molecule has 0 amide bonds. The number of benzene rings is 2. The summed E-state index contributed by atoms with van der Waals surface area (Å²) in [5, 5.41) is 0. The molecule has 0 aromatic heterocycles. The summed E-state index contributed by atoms with van der Waals surface area (Å²) >= 11 is 0. The quantitative estimate of drug-likeness (QED) is 0.788. The predicted octanol–water partition coefficient (Wildman–Crippen LogP) is 3.25. The van der Waals surface area contributed by atoms with Crippen LogP contribution >= 0.6 is 0 Å². The Morgan fingerprint density at radius 3 is 2.53 bits per heavy atom. The normalized spacial score (nSPS) is 10.2. The molecule has 0 aliphatic heterocycles. The van der Waals surface area contributed by atoms with Gasteiger partial charge in [0.2, 0.25) is 0 Å². The number of para-hydroxylation sites is 1. The molecule has 0 bridgehead atoms. The van der Waals surface area contributed by atoms with Gasteiger partial charge in [0.05, 0.1) is 0 Å². The van der Waals surface area contributed by atoms with Gasteiger partial charge in [-0.25, -0.2) is 9.82 Å². The molecule has 2 rings (SSSR count). The summed E-state index contributed by atoms with van der Waals surface area (Å²) in [4.78, 5) is 0. The summed E-state index contributed by atoms with van der Waals surface area (Å²) in [6.45, 7) is 2.46. The topological polar surface area (TPSA) is 24.1 Å². The van der Waals surface area contributed by atoms with Crippen molar-refractivity contribution in [3.63, 3.8) is 0 Å². The highest BCUT2D eigenvalue weighted by atomic mass is 19.1. The average Bonchev–Trinajstić information content (AvgIpc) is 2.29. The third-order valence-electron chi connectivity index (χ3n) is 2.40. The van der Waals surface area contributed by atoms with Crippen LogP contribution in [0, 0.1) is 12.7 Å². The maximum Gasteiger partial charge on any atom is 0.123 e. The molecule has 0 aliphatic rings. The molecule has 0 saturated carbocycles. The third-order valence-corrected chi connectivity index (χ3v) is 2.40. The molecule has 88 valence electrons. The lowest BCUT2D eigenvalue weighted by atomic mass is 10.1. The highest BCUT2D eigenvalue weighted by Gasteiger charge is 1.97. The van der Waals surface area contributed by atoms with Gasteiger partial charge in [0.1, 0.15) is 5.82 Å². The lowest BCUT2D eigenvalue weighted by molar-refractivity contribution is 0.622.